The number of likely N-dealkylation sites (N-methyl/N-ethyl adjacent to an activating group) is 1. The Bertz CT molecular complexity index is 1050. The Morgan fingerprint density at radius 2 is 1.94 bits per heavy atom. The lowest BCUT2D eigenvalue weighted by molar-refractivity contribution is 0.0901. The molecule has 0 bridgehead atoms. The minimum atomic E-state index is -1.29. The van der Waals surface area contributed by atoms with Crippen LogP contribution < -0.4 is 10.6 Å². The standard InChI is InChI=1S/C23H36N6O3S2Si/c1-14-27-28-21(33-14)15-6-7-16(26-23(31)32-10-11-35(3,4)5)18(12-15)24-20(30)22-25-17-8-9-29(2)13-19(17)34-22/h15-16,18H,6-13H2,1-5H3,(H,24,30)(H,26,31)/t15-,16-,18-/m0/s1. The first kappa shape index (κ1) is 26.2. The topological polar surface area (TPSA) is 109 Å². The average molecular weight is 537 g/mol. The number of carbonyl (C=O) groups excluding carboxylic acids is 2. The van der Waals surface area contributed by atoms with Crippen molar-refractivity contribution >= 4 is 42.7 Å². The fraction of sp³-hybridized carbons (Fsp3) is 0.696. The maximum Gasteiger partial charge on any atom is 0.407 e. The van der Waals surface area contributed by atoms with E-state index in [0.717, 1.165) is 59.0 Å². The third-order valence-corrected chi connectivity index (χ3v) is 10.3. The van der Waals surface area contributed by atoms with Crippen LogP contribution in [0.15, 0.2) is 0 Å². The molecule has 1 fully saturated rings. The van der Waals surface area contributed by atoms with E-state index < -0.39 is 14.2 Å². The van der Waals surface area contributed by atoms with Crippen LogP contribution in [0.3, 0.4) is 0 Å². The Kier molecular flexibility index (Phi) is 8.24. The van der Waals surface area contributed by atoms with Gasteiger partial charge in [-0.1, -0.05) is 19.6 Å². The summed E-state index contributed by atoms with van der Waals surface area (Å²) in [6.45, 7) is 10.9. The molecule has 0 radical (unpaired) electrons. The highest BCUT2D eigenvalue weighted by Gasteiger charge is 2.36. The number of carbonyl (C=O) groups is 2. The second-order valence-corrected chi connectivity index (χ2v) is 18.7. The van der Waals surface area contributed by atoms with Crippen LogP contribution in [-0.4, -0.2) is 72.4 Å². The van der Waals surface area contributed by atoms with Gasteiger partial charge in [0.05, 0.1) is 24.4 Å². The molecule has 2 N–H and O–H groups in total. The van der Waals surface area contributed by atoms with Gasteiger partial charge in [-0.3, -0.25) is 4.79 Å². The van der Waals surface area contributed by atoms with Crippen LogP contribution in [-0.2, 0) is 17.7 Å². The molecule has 0 spiro atoms. The van der Waals surface area contributed by atoms with Gasteiger partial charge in [0.1, 0.15) is 10.0 Å². The summed E-state index contributed by atoms with van der Waals surface area (Å²) in [6, 6.07) is 0.482. The van der Waals surface area contributed by atoms with Crippen LogP contribution in [0.1, 0.15) is 55.6 Å². The van der Waals surface area contributed by atoms with E-state index in [2.05, 4.69) is 57.4 Å². The summed E-state index contributed by atoms with van der Waals surface area (Å²) in [6.07, 6.45) is 2.75. The third kappa shape index (κ3) is 7.08. The summed E-state index contributed by atoms with van der Waals surface area (Å²) in [5.74, 6) is 0.0238. The van der Waals surface area contributed by atoms with Crippen molar-refractivity contribution in [1.82, 2.24) is 30.7 Å². The van der Waals surface area contributed by atoms with Gasteiger partial charge in [0, 0.05) is 38.4 Å². The van der Waals surface area contributed by atoms with Crippen molar-refractivity contribution in [2.24, 2.45) is 0 Å². The van der Waals surface area contributed by atoms with Crippen LogP contribution in [0.2, 0.25) is 25.7 Å². The number of rotatable bonds is 7. The Hall–Kier alpha value is -1.89. The second-order valence-electron chi connectivity index (χ2n) is 10.8. The van der Waals surface area contributed by atoms with Gasteiger partial charge in [0.25, 0.3) is 5.91 Å². The number of aryl methyl sites for hydroxylation is 1. The highest BCUT2D eigenvalue weighted by molar-refractivity contribution is 7.13. The van der Waals surface area contributed by atoms with Gasteiger partial charge in [0.15, 0.2) is 5.01 Å². The predicted molar refractivity (Wildman–Crippen MR) is 141 cm³/mol. The highest BCUT2D eigenvalue weighted by Crippen LogP contribution is 2.35. The number of aromatic nitrogens is 3. The molecule has 2 aromatic rings. The molecule has 192 valence electrons. The summed E-state index contributed by atoms with van der Waals surface area (Å²) in [4.78, 5) is 33.8. The molecule has 35 heavy (non-hydrogen) atoms. The van der Waals surface area contributed by atoms with Crippen molar-refractivity contribution in [1.29, 1.82) is 0 Å². The molecule has 3 heterocycles. The number of hydrogen-bond donors (Lipinski definition) is 2. The lowest BCUT2D eigenvalue weighted by Gasteiger charge is -2.35. The van der Waals surface area contributed by atoms with E-state index in [1.807, 2.05) is 6.92 Å². The first-order chi connectivity index (χ1) is 16.6. The van der Waals surface area contributed by atoms with E-state index in [1.54, 1.807) is 11.3 Å². The predicted octanol–water partition coefficient (Wildman–Crippen LogP) is 3.79. The molecule has 1 aliphatic heterocycles. The van der Waals surface area contributed by atoms with Crippen LogP contribution in [0, 0.1) is 6.92 Å². The van der Waals surface area contributed by atoms with Crippen molar-refractivity contribution in [2.45, 2.75) is 82.8 Å². The van der Waals surface area contributed by atoms with E-state index >= 15 is 0 Å². The van der Waals surface area contributed by atoms with Crippen LogP contribution in [0.25, 0.3) is 0 Å². The van der Waals surface area contributed by atoms with Gasteiger partial charge in [0.2, 0.25) is 0 Å². The molecule has 2 aliphatic rings. The summed E-state index contributed by atoms with van der Waals surface area (Å²) < 4.78 is 5.48. The molecular weight excluding hydrogens is 501 g/mol. The minimum Gasteiger partial charge on any atom is -0.450 e. The van der Waals surface area contributed by atoms with E-state index in [4.69, 9.17) is 4.74 Å². The van der Waals surface area contributed by atoms with Crippen molar-refractivity contribution in [3.05, 3.63) is 25.6 Å². The number of thiazole rings is 1. The molecule has 2 aromatic heterocycles. The Balaban J connectivity index is 1.43. The zero-order valence-corrected chi connectivity index (χ0v) is 23.9. The number of hydrogen-bond acceptors (Lipinski definition) is 9. The van der Waals surface area contributed by atoms with Crippen LogP contribution in [0.4, 0.5) is 4.79 Å². The second kappa shape index (κ2) is 11.0. The normalized spacial score (nSPS) is 22.9. The zero-order chi connectivity index (χ0) is 25.2. The van der Waals surface area contributed by atoms with Crippen molar-refractivity contribution < 1.29 is 14.3 Å². The van der Waals surface area contributed by atoms with E-state index in [9.17, 15) is 9.59 Å². The Labute approximate surface area is 216 Å². The molecule has 12 heteroatoms. The third-order valence-electron chi connectivity index (χ3n) is 6.56. The summed E-state index contributed by atoms with van der Waals surface area (Å²) >= 11 is 3.07. The fourth-order valence-electron chi connectivity index (χ4n) is 4.50. The van der Waals surface area contributed by atoms with E-state index in [-0.39, 0.29) is 23.9 Å². The number of nitrogens with one attached hydrogen (secondary N) is 2. The lowest BCUT2D eigenvalue weighted by atomic mass is 9.82. The van der Waals surface area contributed by atoms with Gasteiger partial charge in [-0.15, -0.1) is 32.9 Å². The minimum absolute atomic E-state index is 0.176. The average Bonchev–Trinajstić information content (AvgIpc) is 3.40. The molecule has 0 aromatic carbocycles. The summed E-state index contributed by atoms with van der Waals surface area (Å²) in [7, 11) is 0.797. The molecule has 1 aliphatic carbocycles. The molecule has 0 unspecified atom stereocenters. The van der Waals surface area contributed by atoms with Crippen LogP contribution >= 0.6 is 22.7 Å². The zero-order valence-electron chi connectivity index (χ0n) is 21.2. The van der Waals surface area contributed by atoms with Crippen molar-refractivity contribution in [3.63, 3.8) is 0 Å². The summed E-state index contributed by atoms with van der Waals surface area (Å²) in [5, 5.41) is 17.2. The number of amides is 2. The van der Waals surface area contributed by atoms with Crippen molar-refractivity contribution in [3.8, 4) is 0 Å². The Morgan fingerprint density at radius 3 is 2.66 bits per heavy atom. The summed E-state index contributed by atoms with van der Waals surface area (Å²) in [5.41, 5.74) is 1.03. The van der Waals surface area contributed by atoms with Gasteiger partial charge < -0.3 is 20.3 Å². The number of ether oxygens (including phenoxy) is 1. The van der Waals surface area contributed by atoms with Gasteiger partial charge in [-0.25, -0.2) is 9.78 Å². The molecule has 1 saturated carbocycles. The smallest absolute Gasteiger partial charge is 0.407 e. The van der Waals surface area contributed by atoms with Crippen LogP contribution in [0.5, 0.6) is 0 Å². The first-order valence-electron chi connectivity index (χ1n) is 12.3. The first-order valence-corrected chi connectivity index (χ1v) is 17.6. The molecular formula is C23H36N6O3S2Si. The molecule has 2 amide bonds. The number of alkyl carbamates (subject to hydrolysis) is 1. The number of fused-ring (bicyclic) bond motifs is 1. The van der Waals surface area contributed by atoms with E-state index in [1.165, 1.54) is 11.3 Å². The quantitative estimate of drug-likeness (QED) is 0.518. The maximum atomic E-state index is 13.2. The largest absolute Gasteiger partial charge is 0.450 e. The Morgan fingerprint density at radius 1 is 1.14 bits per heavy atom. The molecule has 4 rings (SSSR count). The number of nitrogens with zero attached hydrogens (tertiary/aromatic N) is 4. The van der Waals surface area contributed by atoms with Crippen molar-refractivity contribution in [2.75, 3.05) is 20.2 Å². The molecule has 9 nitrogen and oxygen atoms in total. The highest BCUT2D eigenvalue weighted by atomic mass is 32.1. The van der Waals surface area contributed by atoms with Gasteiger partial charge in [-0.2, -0.15) is 0 Å². The maximum absolute atomic E-state index is 13.2. The van der Waals surface area contributed by atoms with Gasteiger partial charge >= 0.3 is 6.09 Å². The fourth-order valence-corrected chi connectivity index (χ4v) is 7.15. The van der Waals surface area contributed by atoms with Gasteiger partial charge in [-0.05, 0) is 39.3 Å². The van der Waals surface area contributed by atoms with E-state index in [0.29, 0.717) is 18.0 Å². The molecule has 0 saturated heterocycles. The lowest BCUT2D eigenvalue weighted by Crippen LogP contribution is -2.54. The molecule has 3 atom stereocenters. The monoisotopic (exact) mass is 536 g/mol. The SMILES string of the molecule is Cc1nnc([C@H]2CC[C@H](NC(=O)OCC[Si](C)(C)C)[C@@H](NC(=O)c3nc4c(s3)CN(C)CC4)C2)s1.